The molecule has 0 bridgehead atoms. The van der Waals surface area contributed by atoms with Crippen LogP contribution < -0.4 is 16.0 Å². The Morgan fingerprint density at radius 2 is 1.73 bits per heavy atom. The van der Waals surface area contributed by atoms with E-state index in [-0.39, 0.29) is 27.3 Å². The predicted octanol–water partition coefficient (Wildman–Crippen LogP) is 4.66. The Balaban J connectivity index is 1.58. The quantitative estimate of drug-likeness (QED) is 0.327. The van der Waals surface area contributed by atoms with Crippen LogP contribution in [0.1, 0.15) is 63.5 Å². The third-order valence-corrected chi connectivity index (χ3v) is 9.31. The van der Waals surface area contributed by atoms with Crippen LogP contribution in [0.4, 0.5) is 14.5 Å². The normalized spacial score (nSPS) is 31.0. The number of benzene rings is 2. The summed E-state index contributed by atoms with van der Waals surface area (Å²) in [6.45, 7) is 6.34. The summed E-state index contributed by atoms with van der Waals surface area (Å²) in [4.78, 5) is 28.0. The van der Waals surface area contributed by atoms with Crippen molar-refractivity contribution in [2.45, 2.75) is 82.1 Å². The van der Waals surface area contributed by atoms with Gasteiger partial charge in [0, 0.05) is 24.2 Å². The van der Waals surface area contributed by atoms with Gasteiger partial charge in [-0.3, -0.25) is 9.59 Å². The van der Waals surface area contributed by atoms with Crippen molar-refractivity contribution in [1.29, 1.82) is 0 Å². The van der Waals surface area contributed by atoms with Crippen LogP contribution in [-0.2, 0) is 15.0 Å². The average Bonchev–Trinajstić information content (AvgIpc) is 3.47. The van der Waals surface area contributed by atoms with E-state index in [1.807, 2.05) is 20.8 Å². The third-order valence-electron chi connectivity index (χ3n) is 8.73. The van der Waals surface area contributed by atoms with Crippen molar-refractivity contribution >= 4 is 40.7 Å². The van der Waals surface area contributed by atoms with Gasteiger partial charge in [0.2, 0.25) is 11.8 Å². The van der Waals surface area contributed by atoms with Crippen molar-refractivity contribution in [3.63, 3.8) is 0 Å². The number of amides is 2. The van der Waals surface area contributed by atoms with Crippen molar-refractivity contribution in [3.05, 3.63) is 63.1 Å². The molecule has 0 aromatic heterocycles. The van der Waals surface area contributed by atoms with Crippen molar-refractivity contribution in [2.75, 3.05) is 11.9 Å². The Bertz CT molecular complexity index is 1360. The zero-order valence-corrected chi connectivity index (χ0v) is 24.6. The first-order valence-corrected chi connectivity index (χ1v) is 14.6. The Morgan fingerprint density at radius 1 is 1.07 bits per heavy atom. The van der Waals surface area contributed by atoms with Crippen LogP contribution in [0, 0.1) is 23.0 Å². The van der Waals surface area contributed by atoms with Crippen molar-refractivity contribution in [2.24, 2.45) is 11.3 Å². The van der Waals surface area contributed by atoms with Gasteiger partial charge >= 0.3 is 0 Å². The Hall–Kier alpha value is -2.30. The summed E-state index contributed by atoms with van der Waals surface area (Å²) in [6, 6.07) is 5.21. The lowest BCUT2D eigenvalue weighted by Gasteiger charge is -2.37. The van der Waals surface area contributed by atoms with Gasteiger partial charge in [0.15, 0.2) is 0 Å². The van der Waals surface area contributed by atoms with E-state index in [1.54, 1.807) is 0 Å². The van der Waals surface area contributed by atoms with Gasteiger partial charge in [-0.15, -0.1) is 0 Å². The molecular formula is C30H35Cl2F2N3O4. The van der Waals surface area contributed by atoms with E-state index in [0.29, 0.717) is 49.0 Å². The third kappa shape index (κ3) is 5.47. The fourth-order valence-electron chi connectivity index (χ4n) is 6.98. The van der Waals surface area contributed by atoms with Gasteiger partial charge in [0.1, 0.15) is 17.0 Å². The van der Waals surface area contributed by atoms with Crippen LogP contribution in [0.2, 0.25) is 10.0 Å². The zero-order chi connectivity index (χ0) is 29.9. The summed E-state index contributed by atoms with van der Waals surface area (Å²) in [5.41, 5.74) is -0.530. The molecule has 3 aliphatic rings. The summed E-state index contributed by atoms with van der Waals surface area (Å²) < 4.78 is 29.3. The van der Waals surface area contributed by atoms with E-state index < -0.39 is 53.2 Å². The second-order valence-electron chi connectivity index (χ2n) is 12.8. The number of hydrogen-bond donors (Lipinski definition) is 5. The second-order valence-corrected chi connectivity index (χ2v) is 13.6. The maximum atomic E-state index is 15.0. The first-order valence-electron chi connectivity index (χ1n) is 13.9. The lowest BCUT2D eigenvalue weighted by molar-refractivity contribution is -0.123. The smallest absolute Gasteiger partial charge is 0.237 e. The lowest BCUT2D eigenvalue weighted by atomic mass is 9.62. The van der Waals surface area contributed by atoms with Gasteiger partial charge < -0.3 is 26.2 Å². The van der Waals surface area contributed by atoms with Crippen LogP contribution in [0.25, 0.3) is 0 Å². The van der Waals surface area contributed by atoms with E-state index in [4.69, 9.17) is 23.2 Å². The first kappa shape index (κ1) is 30.2. The molecule has 11 heteroatoms. The van der Waals surface area contributed by atoms with E-state index in [2.05, 4.69) is 16.0 Å². The molecule has 2 amide bonds. The molecule has 5 N–H and O–H groups in total. The maximum absolute atomic E-state index is 15.0. The molecule has 41 heavy (non-hydrogen) atoms. The van der Waals surface area contributed by atoms with Crippen LogP contribution in [0.15, 0.2) is 30.3 Å². The number of aliphatic hydroxyl groups excluding tert-OH is 2. The SMILES string of the molecule is CC(C)(C)C[C@H]1N[C@@H](C(=O)NCCC2C[C@@H](O)[C@@H](O)C2)[C@H](c2ccc(F)c(Cl)c2)[C@@]12C(=O)Nc1cc(Cl)c(F)cc12. The minimum Gasteiger partial charge on any atom is -0.390 e. The molecule has 1 saturated carbocycles. The first-order chi connectivity index (χ1) is 19.2. The van der Waals surface area contributed by atoms with Crippen LogP contribution in [-0.4, -0.2) is 52.9 Å². The predicted molar refractivity (Wildman–Crippen MR) is 153 cm³/mol. The summed E-state index contributed by atoms with van der Waals surface area (Å²) >= 11 is 12.3. The lowest BCUT2D eigenvalue weighted by Crippen LogP contribution is -2.49. The van der Waals surface area contributed by atoms with Crippen LogP contribution in [0.3, 0.4) is 0 Å². The number of carbonyl (C=O) groups excluding carboxylic acids is 2. The minimum absolute atomic E-state index is 0.0590. The van der Waals surface area contributed by atoms with Gasteiger partial charge in [-0.05, 0) is 72.4 Å². The number of nitrogens with one attached hydrogen (secondary N) is 3. The summed E-state index contributed by atoms with van der Waals surface area (Å²) in [5, 5.41) is 28.7. The van der Waals surface area contributed by atoms with Crippen molar-refractivity contribution < 1.29 is 28.6 Å². The van der Waals surface area contributed by atoms with Gasteiger partial charge in [0.05, 0.1) is 28.3 Å². The van der Waals surface area contributed by atoms with E-state index in [0.717, 1.165) is 0 Å². The van der Waals surface area contributed by atoms with Gasteiger partial charge in [-0.2, -0.15) is 0 Å². The highest BCUT2D eigenvalue weighted by molar-refractivity contribution is 6.31. The van der Waals surface area contributed by atoms with Gasteiger partial charge in [0.25, 0.3) is 0 Å². The zero-order valence-electron chi connectivity index (χ0n) is 23.1. The molecule has 2 aliphatic heterocycles. The molecule has 2 heterocycles. The number of hydrogen-bond acceptors (Lipinski definition) is 5. The number of carbonyl (C=O) groups is 2. The monoisotopic (exact) mass is 609 g/mol. The molecule has 2 fully saturated rings. The minimum atomic E-state index is -1.43. The van der Waals surface area contributed by atoms with Gasteiger partial charge in [-0.25, -0.2) is 8.78 Å². The van der Waals surface area contributed by atoms with E-state index >= 15 is 0 Å². The van der Waals surface area contributed by atoms with Crippen molar-refractivity contribution in [3.8, 4) is 0 Å². The van der Waals surface area contributed by atoms with Crippen molar-refractivity contribution in [1.82, 2.24) is 10.6 Å². The largest absolute Gasteiger partial charge is 0.390 e. The molecule has 2 aromatic rings. The topological polar surface area (TPSA) is 111 Å². The summed E-state index contributed by atoms with van der Waals surface area (Å²) in [7, 11) is 0. The molecule has 7 nitrogen and oxygen atoms in total. The molecule has 1 saturated heterocycles. The molecule has 222 valence electrons. The highest BCUT2D eigenvalue weighted by atomic mass is 35.5. The molecule has 1 aliphatic carbocycles. The summed E-state index contributed by atoms with van der Waals surface area (Å²) in [5.74, 6) is -2.93. The highest BCUT2D eigenvalue weighted by Crippen LogP contribution is 2.57. The fraction of sp³-hybridized carbons (Fsp3) is 0.533. The second kappa shape index (κ2) is 11.1. The van der Waals surface area contributed by atoms with Crippen LogP contribution >= 0.6 is 23.2 Å². The Morgan fingerprint density at radius 3 is 2.37 bits per heavy atom. The van der Waals surface area contributed by atoms with E-state index in [9.17, 15) is 28.6 Å². The number of rotatable bonds is 6. The molecule has 7 atom stereocenters. The fourth-order valence-corrected chi connectivity index (χ4v) is 7.33. The average molecular weight is 611 g/mol. The maximum Gasteiger partial charge on any atom is 0.237 e. The van der Waals surface area contributed by atoms with Crippen LogP contribution in [0.5, 0.6) is 0 Å². The molecule has 1 unspecified atom stereocenters. The highest BCUT2D eigenvalue weighted by Gasteiger charge is 2.66. The number of aliphatic hydroxyl groups is 2. The molecule has 0 radical (unpaired) electrons. The molecular weight excluding hydrogens is 575 g/mol. The standard InChI is InChI=1S/C30H35Cl2F2N3O4/c1-29(2,3)13-24-30(16-11-20(34)18(32)12-21(16)36-28(30)41)25(15-4-5-19(33)17(31)10-15)26(37-24)27(40)35-7-6-14-8-22(38)23(39)9-14/h4-5,10-12,14,22-26,37-39H,6-9,13H2,1-3H3,(H,35,40)(H,36,41)/t14?,22-,23+,24-,25+,26-,30+/m1/s1. The molecule has 2 aromatic carbocycles. The van der Waals surface area contributed by atoms with E-state index in [1.165, 1.54) is 30.3 Å². The number of halogens is 4. The Kier molecular flexibility index (Phi) is 8.15. The van der Waals surface area contributed by atoms with Gasteiger partial charge in [-0.1, -0.05) is 50.0 Å². The number of fused-ring (bicyclic) bond motifs is 2. The molecule has 5 rings (SSSR count). The molecule has 1 spiro atoms. The number of anilines is 1. The Labute approximate surface area is 248 Å². The summed E-state index contributed by atoms with van der Waals surface area (Å²) in [6.07, 6.45) is 0.384.